The minimum Gasteiger partial charge on any atom is -0.373 e. The van der Waals surface area contributed by atoms with Crippen molar-refractivity contribution in [3.63, 3.8) is 0 Å². The third-order valence-corrected chi connectivity index (χ3v) is 3.90. The van der Waals surface area contributed by atoms with E-state index in [9.17, 15) is 4.79 Å². The molecule has 1 fully saturated rings. The topological polar surface area (TPSA) is 38.3 Å². The Kier molecular flexibility index (Phi) is 5.40. The largest absolute Gasteiger partial charge is 0.373 e. The van der Waals surface area contributed by atoms with Crippen LogP contribution in [0.2, 0.25) is 0 Å². The van der Waals surface area contributed by atoms with Gasteiger partial charge in [0.25, 0.3) is 0 Å². The molecule has 3 nitrogen and oxygen atoms in total. The molecule has 1 aliphatic heterocycles. The van der Waals surface area contributed by atoms with Gasteiger partial charge >= 0.3 is 0 Å². The van der Waals surface area contributed by atoms with Gasteiger partial charge in [-0.3, -0.25) is 4.79 Å². The quantitative estimate of drug-likeness (QED) is 0.918. The first-order valence-corrected chi connectivity index (χ1v) is 7.64. The zero-order valence-electron chi connectivity index (χ0n) is 11.2. The van der Waals surface area contributed by atoms with Gasteiger partial charge in [-0.15, -0.1) is 0 Å². The number of ether oxygens (including phenoxy) is 1. The van der Waals surface area contributed by atoms with E-state index in [4.69, 9.17) is 4.74 Å². The maximum absolute atomic E-state index is 11.6. The van der Waals surface area contributed by atoms with Gasteiger partial charge in [-0.2, -0.15) is 0 Å². The minimum atomic E-state index is 0.0915. The fourth-order valence-electron chi connectivity index (χ4n) is 2.36. The number of nitrogens with one attached hydrogen (secondary N) is 1. The van der Waals surface area contributed by atoms with E-state index in [1.54, 1.807) is 0 Å². The van der Waals surface area contributed by atoms with Gasteiger partial charge in [0, 0.05) is 23.5 Å². The summed E-state index contributed by atoms with van der Waals surface area (Å²) in [5.41, 5.74) is 1.18. The second-order valence-electron chi connectivity index (χ2n) is 4.95. The molecule has 4 heteroatoms. The van der Waals surface area contributed by atoms with Crippen molar-refractivity contribution in [2.24, 2.45) is 0 Å². The maximum atomic E-state index is 11.6. The normalized spacial score (nSPS) is 23.1. The third-order valence-electron chi connectivity index (χ3n) is 3.37. The summed E-state index contributed by atoms with van der Waals surface area (Å²) in [6.07, 6.45) is 3.36. The van der Waals surface area contributed by atoms with Crippen molar-refractivity contribution in [2.45, 2.75) is 44.8 Å². The minimum absolute atomic E-state index is 0.0915. The number of halogens is 1. The second-order valence-corrected chi connectivity index (χ2v) is 5.87. The predicted molar refractivity (Wildman–Crippen MR) is 78.9 cm³/mol. The highest BCUT2D eigenvalue weighted by Crippen LogP contribution is 2.29. The van der Waals surface area contributed by atoms with Crippen LogP contribution in [0.1, 0.15) is 44.3 Å². The van der Waals surface area contributed by atoms with Crippen molar-refractivity contribution in [1.82, 2.24) is 5.32 Å². The van der Waals surface area contributed by atoms with Crippen molar-refractivity contribution in [2.75, 3.05) is 6.61 Å². The first-order chi connectivity index (χ1) is 9.19. The average molecular weight is 326 g/mol. The molecule has 1 N–H and O–H groups in total. The molecule has 1 heterocycles. The summed E-state index contributed by atoms with van der Waals surface area (Å²) in [5, 5.41) is 3.10. The van der Waals surface area contributed by atoms with Gasteiger partial charge in [-0.1, -0.05) is 35.0 Å². The molecule has 1 aliphatic rings. The van der Waals surface area contributed by atoms with Crippen LogP contribution < -0.4 is 5.32 Å². The molecule has 0 unspecified atom stereocenters. The van der Waals surface area contributed by atoms with E-state index in [1.165, 1.54) is 5.56 Å². The third kappa shape index (κ3) is 4.32. The number of amides is 1. The molecule has 0 saturated carbocycles. The molecule has 1 aromatic carbocycles. The number of hydrogen-bond acceptors (Lipinski definition) is 2. The van der Waals surface area contributed by atoms with Crippen molar-refractivity contribution in [3.8, 4) is 0 Å². The lowest BCUT2D eigenvalue weighted by atomic mass is 9.97. The Morgan fingerprint density at radius 3 is 2.84 bits per heavy atom. The summed E-state index contributed by atoms with van der Waals surface area (Å²) in [6, 6.07) is 8.44. The predicted octanol–water partition coefficient (Wildman–Crippen LogP) is 3.59. The summed E-state index contributed by atoms with van der Waals surface area (Å²) >= 11 is 3.43. The Hall–Kier alpha value is -0.870. The smallest absolute Gasteiger partial charge is 0.220 e. The van der Waals surface area contributed by atoms with Gasteiger partial charge in [-0.05, 0) is 37.0 Å². The number of carbonyl (C=O) groups is 1. The second kappa shape index (κ2) is 7.06. The highest BCUT2D eigenvalue weighted by atomic mass is 79.9. The van der Waals surface area contributed by atoms with Gasteiger partial charge in [0.05, 0.1) is 6.10 Å². The average Bonchev–Trinajstić information content (AvgIpc) is 2.40. The van der Waals surface area contributed by atoms with Crippen LogP contribution in [0.4, 0.5) is 0 Å². The Bertz CT molecular complexity index is 419. The lowest BCUT2D eigenvalue weighted by Crippen LogP contribution is -2.39. The lowest BCUT2D eigenvalue weighted by Gasteiger charge is -2.30. The Morgan fingerprint density at radius 1 is 1.42 bits per heavy atom. The summed E-state index contributed by atoms with van der Waals surface area (Å²) in [6.45, 7) is 2.73. The number of carbonyl (C=O) groups excluding carboxylic acids is 1. The van der Waals surface area contributed by atoms with Crippen LogP contribution in [0.5, 0.6) is 0 Å². The fourth-order valence-corrected chi connectivity index (χ4v) is 2.63. The molecule has 0 radical (unpaired) electrons. The van der Waals surface area contributed by atoms with E-state index < -0.39 is 0 Å². The molecule has 0 aromatic heterocycles. The van der Waals surface area contributed by atoms with Crippen LogP contribution in [0.3, 0.4) is 0 Å². The molecule has 0 aliphatic carbocycles. The Balaban J connectivity index is 1.93. The van der Waals surface area contributed by atoms with Crippen molar-refractivity contribution in [3.05, 3.63) is 34.3 Å². The molecule has 1 amide bonds. The number of rotatable bonds is 4. The zero-order valence-corrected chi connectivity index (χ0v) is 12.8. The standard InChI is InChI=1S/C15H20BrNO2/c1-2-3-15(18)17-13-8-9-19-14(10-13)11-4-6-12(16)7-5-11/h4-7,13-14H,2-3,8-10H2,1H3,(H,17,18)/t13-,14-/m0/s1. The van der Waals surface area contributed by atoms with Gasteiger partial charge < -0.3 is 10.1 Å². The van der Waals surface area contributed by atoms with Gasteiger partial charge in [0.15, 0.2) is 0 Å². The van der Waals surface area contributed by atoms with Crippen LogP contribution in [0.25, 0.3) is 0 Å². The Labute approximate surface area is 122 Å². The molecular formula is C15H20BrNO2. The van der Waals surface area contributed by atoms with Crippen LogP contribution in [-0.2, 0) is 9.53 Å². The summed E-state index contributed by atoms with van der Waals surface area (Å²) < 4.78 is 6.88. The molecule has 1 saturated heterocycles. The molecule has 2 atom stereocenters. The van der Waals surface area contributed by atoms with Crippen molar-refractivity contribution >= 4 is 21.8 Å². The van der Waals surface area contributed by atoms with E-state index in [-0.39, 0.29) is 18.1 Å². The summed E-state index contributed by atoms with van der Waals surface area (Å²) in [4.78, 5) is 11.6. The Morgan fingerprint density at radius 2 is 2.16 bits per heavy atom. The van der Waals surface area contributed by atoms with Crippen LogP contribution in [0.15, 0.2) is 28.7 Å². The molecule has 19 heavy (non-hydrogen) atoms. The monoisotopic (exact) mass is 325 g/mol. The first kappa shape index (κ1) is 14.5. The molecule has 0 bridgehead atoms. The lowest BCUT2D eigenvalue weighted by molar-refractivity contribution is -0.122. The summed E-state index contributed by atoms with van der Waals surface area (Å²) in [7, 11) is 0. The molecule has 2 rings (SSSR count). The van der Waals surface area contributed by atoms with Crippen molar-refractivity contribution in [1.29, 1.82) is 0 Å². The number of benzene rings is 1. The summed E-state index contributed by atoms with van der Waals surface area (Å²) in [5.74, 6) is 0.156. The first-order valence-electron chi connectivity index (χ1n) is 6.85. The van der Waals surface area contributed by atoms with E-state index in [1.807, 2.05) is 19.1 Å². The maximum Gasteiger partial charge on any atom is 0.220 e. The fraction of sp³-hybridized carbons (Fsp3) is 0.533. The SMILES string of the molecule is CCCC(=O)N[C@H]1CCO[C@H](c2ccc(Br)cc2)C1. The van der Waals surface area contributed by atoms with Crippen LogP contribution in [-0.4, -0.2) is 18.6 Å². The van der Waals surface area contributed by atoms with Gasteiger partial charge in [0.1, 0.15) is 0 Å². The zero-order chi connectivity index (χ0) is 13.7. The van der Waals surface area contributed by atoms with E-state index in [2.05, 4.69) is 33.4 Å². The van der Waals surface area contributed by atoms with E-state index in [0.29, 0.717) is 13.0 Å². The van der Waals surface area contributed by atoms with Gasteiger partial charge in [-0.25, -0.2) is 0 Å². The molecule has 0 spiro atoms. The molecular weight excluding hydrogens is 306 g/mol. The highest BCUT2D eigenvalue weighted by Gasteiger charge is 2.24. The van der Waals surface area contributed by atoms with E-state index >= 15 is 0 Å². The van der Waals surface area contributed by atoms with E-state index in [0.717, 1.165) is 23.7 Å². The number of hydrogen-bond donors (Lipinski definition) is 1. The molecule has 104 valence electrons. The highest BCUT2D eigenvalue weighted by molar-refractivity contribution is 9.10. The van der Waals surface area contributed by atoms with Crippen molar-refractivity contribution < 1.29 is 9.53 Å². The molecule has 1 aromatic rings. The van der Waals surface area contributed by atoms with Crippen LogP contribution in [0, 0.1) is 0 Å². The van der Waals surface area contributed by atoms with Gasteiger partial charge in [0.2, 0.25) is 5.91 Å². The van der Waals surface area contributed by atoms with Crippen LogP contribution >= 0.6 is 15.9 Å².